The number of methoxy groups -OCH3 is 2. The molecule has 4 heterocycles. The third-order valence-electron chi connectivity index (χ3n) is 15.1. The Bertz CT molecular complexity index is 3110. The van der Waals surface area contributed by atoms with Gasteiger partial charge in [-0.15, -0.1) is 0 Å². The van der Waals surface area contributed by atoms with Gasteiger partial charge in [-0.05, 0) is 102 Å². The summed E-state index contributed by atoms with van der Waals surface area (Å²) in [6.07, 6.45) is 4.83. The summed E-state index contributed by atoms with van der Waals surface area (Å²) in [6.45, 7) is 5.67. The molecule has 7 aromatic rings. The number of rotatable bonds is 13. The molecular formula is C54H58N8O7. The van der Waals surface area contributed by atoms with Crippen LogP contribution in [0.4, 0.5) is 9.59 Å². The summed E-state index contributed by atoms with van der Waals surface area (Å²) in [6, 6.07) is 28.4. The lowest BCUT2D eigenvalue weighted by Crippen LogP contribution is -2.51. The van der Waals surface area contributed by atoms with Crippen LogP contribution in [-0.2, 0) is 23.8 Å². The van der Waals surface area contributed by atoms with Crippen LogP contribution < -0.4 is 10.6 Å². The number of H-pyrrole nitrogens is 2. The zero-order valence-electron chi connectivity index (χ0n) is 39.4. The van der Waals surface area contributed by atoms with E-state index in [9.17, 15) is 19.2 Å². The van der Waals surface area contributed by atoms with Gasteiger partial charge in [0.05, 0.1) is 55.0 Å². The fraction of sp³-hybridized carbons (Fsp3) is 0.407. The molecule has 2 aromatic heterocycles. The van der Waals surface area contributed by atoms with Crippen LogP contribution in [0.3, 0.4) is 0 Å². The summed E-state index contributed by atoms with van der Waals surface area (Å²) in [7, 11) is 2.60. The summed E-state index contributed by atoms with van der Waals surface area (Å²) in [5.41, 5.74) is 6.29. The van der Waals surface area contributed by atoms with Crippen LogP contribution in [0, 0.1) is 23.7 Å². The molecular weight excluding hydrogens is 873 g/mol. The highest BCUT2D eigenvalue weighted by atomic mass is 16.5. The maximum absolute atomic E-state index is 14.4. The van der Waals surface area contributed by atoms with Crippen molar-refractivity contribution >= 4 is 67.6 Å². The molecule has 5 aromatic carbocycles. The fourth-order valence-corrected chi connectivity index (χ4v) is 11.1. The van der Waals surface area contributed by atoms with Crippen molar-refractivity contribution in [2.24, 2.45) is 23.7 Å². The second-order valence-corrected chi connectivity index (χ2v) is 19.9. The van der Waals surface area contributed by atoms with E-state index in [1.54, 1.807) is 0 Å². The zero-order valence-corrected chi connectivity index (χ0v) is 39.4. The first kappa shape index (κ1) is 44.5. The Morgan fingerprint density at radius 2 is 1.30 bits per heavy atom. The molecule has 4 amide bonds. The van der Waals surface area contributed by atoms with Crippen molar-refractivity contribution < 1.29 is 33.4 Å². The number of nitrogens with one attached hydrogen (secondary N) is 4. The normalized spacial score (nSPS) is 22.0. The number of carbonyl (C=O) groups is 4. The van der Waals surface area contributed by atoms with Crippen LogP contribution in [-0.4, -0.2) is 99.8 Å². The number of carbonyl (C=O) groups excluding carboxylic acids is 4. The van der Waals surface area contributed by atoms with Crippen LogP contribution in [0.15, 0.2) is 91.0 Å². The predicted molar refractivity (Wildman–Crippen MR) is 262 cm³/mol. The van der Waals surface area contributed by atoms with Crippen molar-refractivity contribution in [2.75, 3.05) is 34.0 Å². The van der Waals surface area contributed by atoms with E-state index in [0.717, 1.165) is 85.8 Å². The van der Waals surface area contributed by atoms with Crippen molar-refractivity contribution in [3.05, 3.63) is 108 Å². The highest BCUT2D eigenvalue weighted by Crippen LogP contribution is 2.54. The van der Waals surface area contributed by atoms with E-state index in [0.29, 0.717) is 37.0 Å². The minimum atomic E-state index is -0.886. The van der Waals surface area contributed by atoms with E-state index in [4.69, 9.17) is 24.2 Å². The molecule has 0 radical (unpaired) electrons. The van der Waals surface area contributed by atoms with E-state index in [1.165, 1.54) is 33.5 Å². The van der Waals surface area contributed by atoms with Crippen molar-refractivity contribution in [3.63, 3.8) is 0 Å². The molecule has 0 bridgehead atoms. The smallest absolute Gasteiger partial charge is 0.407 e. The minimum absolute atomic E-state index is 0.0991. The Labute approximate surface area is 399 Å². The number of fused-ring (bicyclic) bond motifs is 7. The number of benzene rings is 5. The maximum Gasteiger partial charge on any atom is 0.407 e. The van der Waals surface area contributed by atoms with Gasteiger partial charge < -0.3 is 44.6 Å². The largest absolute Gasteiger partial charge is 0.453 e. The predicted octanol–water partition coefficient (Wildman–Crippen LogP) is 9.26. The second kappa shape index (κ2) is 18.1. The molecule has 0 spiro atoms. The molecule has 15 nitrogen and oxygen atoms in total. The number of amides is 4. The molecule has 11 rings (SSSR count). The molecule has 2 aliphatic heterocycles. The molecule has 7 atom stereocenters. The third kappa shape index (κ3) is 8.40. The fourth-order valence-electron chi connectivity index (χ4n) is 11.1. The number of imidazole rings is 2. The van der Waals surface area contributed by atoms with E-state index < -0.39 is 24.3 Å². The van der Waals surface area contributed by atoms with Gasteiger partial charge in [-0.2, -0.15) is 0 Å². The number of aromatic nitrogens is 4. The van der Waals surface area contributed by atoms with Crippen molar-refractivity contribution in [3.8, 4) is 11.1 Å². The molecule has 2 saturated carbocycles. The summed E-state index contributed by atoms with van der Waals surface area (Å²) in [5, 5.41) is 9.65. The van der Waals surface area contributed by atoms with E-state index in [2.05, 4.69) is 81.3 Å². The van der Waals surface area contributed by atoms with Crippen LogP contribution >= 0.6 is 0 Å². The molecule has 4 fully saturated rings. The van der Waals surface area contributed by atoms with Gasteiger partial charge in [0.15, 0.2) is 0 Å². The number of aromatic amines is 2. The van der Waals surface area contributed by atoms with Gasteiger partial charge in [0.25, 0.3) is 5.91 Å². The quantitative estimate of drug-likeness (QED) is 0.0876. The molecule has 2 aliphatic carbocycles. The Balaban J connectivity index is 0.855. The molecule has 0 unspecified atom stereocenters. The average molecular weight is 931 g/mol. The van der Waals surface area contributed by atoms with Gasteiger partial charge in [0.2, 0.25) is 5.91 Å². The molecule has 4 N–H and O–H groups in total. The highest BCUT2D eigenvalue weighted by Gasteiger charge is 2.56. The highest BCUT2D eigenvalue weighted by molar-refractivity contribution is 6.07. The Hall–Kier alpha value is -7.00. The van der Waals surface area contributed by atoms with E-state index in [1.807, 2.05) is 54.0 Å². The number of alkyl carbamates (subject to hydrolysis) is 2. The van der Waals surface area contributed by atoms with Crippen LogP contribution in [0.25, 0.3) is 54.7 Å². The molecule has 2 saturated heterocycles. The number of hydrogen-bond donors (Lipinski definition) is 4. The van der Waals surface area contributed by atoms with Crippen LogP contribution in [0.2, 0.25) is 0 Å². The number of piperidine rings is 1. The SMILES string of the molecule is COC(=O)N[C@H](C(=O)N1C[C@@H](COCC2CCC2)C[C@H]1c1nc2c(ccc3cc(-c4ccc5c(ccc6[nH]c([C@@H]7C[C@H]8C[C@H]8N7C(=O)[C@H](NC(=O)OC)c7ccccc7)nc65)c4)ccc32)[nH]1)C(C)C. The lowest BCUT2D eigenvalue weighted by atomic mass is 9.86. The molecule has 4 aliphatic rings. The first-order valence-corrected chi connectivity index (χ1v) is 24.3. The third-order valence-corrected chi connectivity index (χ3v) is 15.1. The molecule has 15 heteroatoms. The summed E-state index contributed by atoms with van der Waals surface area (Å²) in [4.78, 5) is 74.8. The first-order valence-electron chi connectivity index (χ1n) is 24.3. The lowest BCUT2D eigenvalue weighted by Gasteiger charge is -2.30. The number of nitrogens with zero attached hydrogens (tertiary/aromatic N) is 4. The summed E-state index contributed by atoms with van der Waals surface area (Å²) in [5.74, 6) is 2.11. The Morgan fingerprint density at radius 3 is 1.90 bits per heavy atom. The average Bonchev–Trinajstić information content (AvgIpc) is 3.78. The number of likely N-dealkylation sites (tertiary alicyclic amines) is 2. The van der Waals surface area contributed by atoms with Crippen molar-refractivity contribution in [2.45, 2.75) is 82.6 Å². The monoisotopic (exact) mass is 930 g/mol. The minimum Gasteiger partial charge on any atom is -0.453 e. The van der Waals surface area contributed by atoms with Gasteiger partial charge in [0.1, 0.15) is 23.7 Å². The molecule has 356 valence electrons. The maximum atomic E-state index is 14.4. The van der Waals surface area contributed by atoms with Gasteiger partial charge in [-0.25, -0.2) is 19.6 Å². The second-order valence-electron chi connectivity index (χ2n) is 19.9. The number of ether oxygens (including phenoxy) is 3. The van der Waals surface area contributed by atoms with Crippen molar-refractivity contribution in [1.82, 2.24) is 40.4 Å². The van der Waals surface area contributed by atoms with Gasteiger partial charge in [-0.3, -0.25) is 9.59 Å². The topological polar surface area (TPSA) is 184 Å². The Morgan fingerprint density at radius 1 is 0.696 bits per heavy atom. The van der Waals surface area contributed by atoms with Gasteiger partial charge >= 0.3 is 12.2 Å². The first-order chi connectivity index (χ1) is 33.5. The summed E-state index contributed by atoms with van der Waals surface area (Å²) >= 11 is 0. The van der Waals surface area contributed by atoms with E-state index >= 15 is 0 Å². The Kier molecular flexibility index (Phi) is 11.7. The van der Waals surface area contributed by atoms with Gasteiger partial charge in [0, 0.05) is 35.9 Å². The van der Waals surface area contributed by atoms with Crippen LogP contribution in [0.5, 0.6) is 0 Å². The standard InChI is InChI=1S/C54H58N8O7/c1-29(2)45(59-53(65)67-3)51(63)61-26-31(28-69-27-30-9-8-10-30)21-43(61)49-55-40-19-15-35-22-33(13-17-38(35)47(40)57-49)34-14-18-39-36(23-34)16-20-41-48(39)58-50(56-41)44-25-37-24-42(37)62(44)52(64)46(60-54(66)68-4)32-11-6-5-7-12-32/h5-7,11-20,22-23,29-31,37,42-46H,8-10,21,24-28H2,1-4H3,(H,55,57)(H,56,58)(H,59,65)(H,60,66)/t31-,37+,42+,43-,44-,45-,46+/m0/s1. The molecule has 69 heavy (non-hydrogen) atoms. The van der Waals surface area contributed by atoms with Crippen LogP contribution in [0.1, 0.15) is 87.7 Å². The summed E-state index contributed by atoms with van der Waals surface area (Å²) < 4.78 is 16.0. The lowest BCUT2D eigenvalue weighted by molar-refractivity contribution is -0.136. The zero-order chi connectivity index (χ0) is 47.5. The number of hydrogen-bond acceptors (Lipinski definition) is 9. The van der Waals surface area contributed by atoms with Gasteiger partial charge in [-0.1, -0.05) is 87.0 Å². The van der Waals surface area contributed by atoms with Crippen molar-refractivity contribution in [1.29, 1.82) is 0 Å². The van der Waals surface area contributed by atoms with E-state index in [-0.39, 0.29) is 41.8 Å².